The number of ether oxygens (including phenoxy) is 1. The number of nitrogens with zero attached hydrogens (tertiary/aromatic N) is 3. The molecule has 0 aliphatic carbocycles. The van der Waals surface area contributed by atoms with Crippen molar-refractivity contribution in [3.05, 3.63) is 60.2 Å². The first-order chi connectivity index (χ1) is 14.7. The molecule has 1 saturated heterocycles. The quantitative estimate of drug-likeness (QED) is 0.652. The Kier molecular flexibility index (Phi) is 6.04. The Morgan fingerprint density at radius 3 is 2.70 bits per heavy atom. The fourth-order valence-electron chi connectivity index (χ4n) is 3.52. The Bertz CT molecular complexity index is 1040. The van der Waals surface area contributed by atoms with Crippen LogP contribution >= 0.6 is 11.3 Å². The molecule has 1 atom stereocenters. The van der Waals surface area contributed by atoms with E-state index in [1.165, 1.54) is 11.3 Å². The summed E-state index contributed by atoms with van der Waals surface area (Å²) < 4.78 is 5.59. The molecule has 4 rings (SSSR count). The summed E-state index contributed by atoms with van der Waals surface area (Å²) in [5, 5.41) is 12.2. The Hall–Kier alpha value is -3.26. The van der Waals surface area contributed by atoms with Crippen LogP contribution in [0, 0.1) is 0 Å². The molecule has 2 amide bonds. The van der Waals surface area contributed by atoms with E-state index >= 15 is 0 Å². The summed E-state index contributed by atoms with van der Waals surface area (Å²) in [6, 6.07) is 16.3. The van der Waals surface area contributed by atoms with Crippen LogP contribution in [0.2, 0.25) is 0 Å². The third kappa shape index (κ3) is 4.18. The molecule has 1 aromatic heterocycles. The lowest BCUT2D eigenvalue weighted by Gasteiger charge is -2.24. The van der Waals surface area contributed by atoms with Crippen LogP contribution in [0.1, 0.15) is 30.1 Å². The predicted octanol–water partition coefficient (Wildman–Crippen LogP) is 3.85. The molecule has 1 aliphatic rings. The molecule has 2 heterocycles. The molecule has 1 aliphatic heterocycles. The summed E-state index contributed by atoms with van der Waals surface area (Å²) in [6.45, 7) is 2.87. The van der Waals surface area contributed by atoms with Gasteiger partial charge in [0.05, 0.1) is 12.2 Å². The summed E-state index contributed by atoms with van der Waals surface area (Å²) in [6.07, 6.45) is 1.38. The van der Waals surface area contributed by atoms with Gasteiger partial charge in [0, 0.05) is 12.1 Å². The molecule has 7 nitrogen and oxygen atoms in total. The average Bonchev–Trinajstić information content (AvgIpc) is 3.44. The van der Waals surface area contributed by atoms with Crippen LogP contribution in [0.4, 0.5) is 5.13 Å². The SMILES string of the molecule is CCOc1ccccc1C(=O)N1CCCC1C(=O)Nc1nnc(-c2ccccc2)s1. The van der Waals surface area contributed by atoms with Crippen molar-refractivity contribution in [3.63, 3.8) is 0 Å². The van der Waals surface area contributed by atoms with E-state index in [0.717, 1.165) is 17.0 Å². The number of carbonyl (C=O) groups excluding carboxylic acids is 2. The van der Waals surface area contributed by atoms with Gasteiger partial charge in [-0.2, -0.15) is 0 Å². The van der Waals surface area contributed by atoms with Gasteiger partial charge in [0.15, 0.2) is 0 Å². The number of hydrogen-bond donors (Lipinski definition) is 1. The number of benzene rings is 2. The van der Waals surface area contributed by atoms with E-state index in [0.29, 0.717) is 36.0 Å². The predicted molar refractivity (Wildman–Crippen MR) is 116 cm³/mol. The molecule has 1 N–H and O–H groups in total. The number of hydrogen-bond acceptors (Lipinski definition) is 6. The lowest BCUT2D eigenvalue weighted by atomic mass is 10.1. The van der Waals surface area contributed by atoms with Crippen molar-refractivity contribution in [1.29, 1.82) is 0 Å². The Balaban J connectivity index is 1.48. The van der Waals surface area contributed by atoms with E-state index in [-0.39, 0.29) is 11.8 Å². The highest BCUT2D eigenvalue weighted by Gasteiger charge is 2.35. The van der Waals surface area contributed by atoms with E-state index in [1.807, 2.05) is 43.3 Å². The van der Waals surface area contributed by atoms with E-state index in [4.69, 9.17) is 4.74 Å². The maximum absolute atomic E-state index is 13.1. The standard InChI is InChI=1S/C22H22N4O3S/c1-2-29-18-13-7-6-11-16(18)21(28)26-14-8-12-17(26)19(27)23-22-25-24-20(30-22)15-9-4-3-5-10-15/h3-7,9-11,13,17H,2,8,12,14H2,1H3,(H,23,25,27). The Morgan fingerprint density at radius 1 is 1.13 bits per heavy atom. The lowest BCUT2D eigenvalue weighted by Crippen LogP contribution is -2.43. The molecule has 8 heteroatoms. The van der Waals surface area contributed by atoms with Crippen LogP contribution < -0.4 is 10.1 Å². The molecular weight excluding hydrogens is 400 g/mol. The molecule has 0 saturated carbocycles. The molecular formula is C22H22N4O3S. The van der Waals surface area contributed by atoms with Gasteiger partial charge in [-0.15, -0.1) is 10.2 Å². The summed E-state index contributed by atoms with van der Waals surface area (Å²) in [5.41, 5.74) is 1.42. The molecule has 0 spiro atoms. The number of nitrogens with one attached hydrogen (secondary N) is 1. The summed E-state index contributed by atoms with van der Waals surface area (Å²) in [5.74, 6) is 0.0946. The largest absolute Gasteiger partial charge is 0.493 e. The monoisotopic (exact) mass is 422 g/mol. The minimum absolute atomic E-state index is 0.195. The maximum Gasteiger partial charge on any atom is 0.258 e. The molecule has 154 valence electrons. The van der Waals surface area contributed by atoms with Gasteiger partial charge in [0.25, 0.3) is 5.91 Å². The topological polar surface area (TPSA) is 84.4 Å². The first kappa shape index (κ1) is 20.0. The van der Waals surface area contributed by atoms with Gasteiger partial charge in [0.2, 0.25) is 11.0 Å². The highest BCUT2D eigenvalue weighted by Crippen LogP contribution is 2.28. The van der Waals surface area contributed by atoms with E-state index in [2.05, 4.69) is 15.5 Å². The average molecular weight is 423 g/mol. The van der Waals surface area contributed by atoms with Crippen LogP contribution in [-0.4, -0.2) is 46.1 Å². The molecule has 1 unspecified atom stereocenters. The molecule has 0 radical (unpaired) electrons. The number of para-hydroxylation sites is 1. The maximum atomic E-state index is 13.1. The fourth-order valence-corrected chi connectivity index (χ4v) is 4.27. The highest BCUT2D eigenvalue weighted by molar-refractivity contribution is 7.18. The molecule has 3 aromatic rings. The van der Waals surface area contributed by atoms with Crippen molar-refractivity contribution in [2.75, 3.05) is 18.5 Å². The molecule has 0 bridgehead atoms. The van der Waals surface area contributed by atoms with Gasteiger partial charge in [-0.1, -0.05) is 53.8 Å². The fraction of sp³-hybridized carbons (Fsp3) is 0.273. The second kappa shape index (κ2) is 9.04. The third-order valence-electron chi connectivity index (χ3n) is 4.91. The third-order valence-corrected chi connectivity index (χ3v) is 5.80. The van der Waals surface area contributed by atoms with Crippen molar-refractivity contribution >= 4 is 28.3 Å². The van der Waals surface area contributed by atoms with Crippen molar-refractivity contribution in [2.45, 2.75) is 25.8 Å². The van der Waals surface area contributed by atoms with Gasteiger partial charge in [-0.3, -0.25) is 14.9 Å². The normalized spacial score (nSPS) is 15.8. The van der Waals surface area contributed by atoms with Crippen molar-refractivity contribution < 1.29 is 14.3 Å². The zero-order valence-corrected chi connectivity index (χ0v) is 17.4. The Labute approximate surface area is 178 Å². The first-order valence-corrected chi connectivity index (χ1v) is 10.7. The van der Waals surface area contributed by atoms with Gasteiger partial charge in [0.1, 0.15) is 16.8 Å². The second-order valence-corrected chi connectivity index (χ2v) is 7.83. The smallest absolute Gasteiger partial charge is 0.258 e. The van der Waals surface area contributed by atoms with Crippen LogP contribution in [0.25, 0.3) is 10.6 Å². The zero-order valence-electron chi connectivity index (χ0n) is 16.6. The second-order valence-electron chi connectivity index (χ2n) is 6.85. The minimum Gasteiger partial charge on any atom is -0.493 e. The zero-order chi connectivity index (χ0) is 20.9. The highest BCUT2D eigenvalue weighted by atomic mass is 32.1. The Morgan fingerprint density at radius 2 is 1.90 bits per heavy atom. The number of carbonyl (C=O) groups is 2. The van der Waals surface area contributed by atoms with Crippen LogP contribution in [0.15, 0.2) is 54.6 Å². The summed E-state index contributed by atoms with van der Waals surface area (Å²) in [4.78, 5) is 27.7. The number of rotatable bonds is 6. The van der Waals surface area contributed by atoms with E-state index in [9.17, 15) is 9.59 Å². The molecule has 2 aromatic carbocycles. The van der Waals surface area contributed by atoms with E-state index < -0.39 is 6.04 Å². The van der Waals surface area contributed by atoms with Crippen LogP contribution in [-0.2, 0) is 4.79 Å². The lowest BCUT2D eigenvalue weighted by molar-refractivity contribution is -0.119. The number of amides is 2. The van der Waals surface area contributed by atoms with Gasteiger partial charge in [-0.05, 0) is 31.9 Å². The molecule has 1 fully saturated rings. The number of aromatic nitrogens is 2. The van der Waals surface area contributed by atoms with Gasteiger partial charge in [-0.25, -0.2) is 0 Å². The minimum atomic E-state index is -0.545. The van der Waals surface area contributed by atoms with Crippen LogP contribution in [0.3, 0.4) is 0 Å². The first-order valence-electron chi connectivity index (χ1n) is 9.90. The van der Waals surface area contributed by atoms with Crippen molar-refractivity contribution in [1.82, 2.24) is 15.1 Å². The van der Waals surface area contributed by atoms with Gasteiger partial charge < -0.3 is 9.64 Å². The van der Waals surface area contributed by atoms with E-state index in [1.54, 1.807) is 23.1 Å². The van der Waals surface area contributed by atoms with Crippen molar-refractivity contribution in [2.24, 2.45) is 0 Å². The number of likely N-dealkylation sites (tertiary alicyclic amines) is 1. The van der Waals surface area contributed by atoms with Gasteiger partial charge >= 0.3 is 0 Å². The molecule has 30 heavy (non-hydrogen) atoms. The number of anilines is 1. The summed E-state index contributed by atoms with van der Waals surface area (Å²) in [7, 11) is 0. The van der Waals surface area contributed by atoms with Crippen molar-refractivity contribution in [3.8, 4) is 16.3 Å². The summed E-state index contributed by atoms with van der Waals surface area (Å²) >= 11 is 1.31. The van der Waals surface area contributed by atoms with Crippen LogP contribution in [0.5, 0.6) is 5.75 Å².